The number of unbranched alkanes of at least 4 members (excludes halogenated alkanes) is 27. The molecule has 3 atom stereocenters. The van der Waals surface area contributed by atoms with Gasteiger partial charge in [0.25, 0.3) is 0 Å². The number of aliphatic hydroxyl groups is 3. The van der Waals surface area contributed by atoms with Gasteiger partial charge in [-0.25, -0.2) is 0 Å². The first-order valence-corrected chi connectivity index (χ1v) is 21.0. The Morgan fingerprint density at radius 1 is 0.532 bits per heavy atom. The third kappa shape index (κ3) is 34.7. The van der Waals surface area contributed by atoms with E-state index in [0.717, 1.165) is 38.5 Å². The molecule has 280 valence electrons. The Morgan fingerprint density at radius 3 is 1.30 bits per heavy atom. The van der Waals surface area contributed by atoms with Crippen LogP contribution in [-0.2, 0) is 4.79 Å². The van der Waals surface area contributed by atoms with Crippen LogP contribution >= 0.6 is 0 Å². The summed E-state index contributed by atoms with van der Waals surface area (Å²) in [5.41, 5.74) is 0. The van der Waals surface area contributed by atoms with Gasteiger partial charge in [-0.05, 0) is 38.5 Å². The third-order valence-corrected chi connectivity index (χ3v) is 9.83. The smallest absolute Gasteiger partial charge is 0.220 e. The summed E-state index contributed by atoms with van der Waals surface area (Å²) in [6, 6.07) is -0.718. The van der Waals surface area contributed by atoms with E-state index in [2.05, 4.69) is 31.3 Å². The average Bonchev–Trinajstić information content (AvgIpc) is 3.06. The zero-order valence-electron chi connectivity index (χ0n) is 31.7. The molecule has 3 unspecified atom stereocenters. The van der Waals surface area contributed by atoms with E-state index >= 15 is 0 Å². The molecule has 0 heterocycles. The van der Waals surface area contributed by atoms with Crippen LogP contribution in [0.5, 0.6) is 0 Å². The molecule has 1 amide bonds. The molecule has 0 rings (SSSR count). The van der Waals surface area contributed by atoms with Crippen LogP contribution in [-0.4, -0.2) is 46.1 Å². The van der Waals surface area contributed by atoms with E-state index in [0.29, 0.717) is 12.8 Å². The molecule has 0 saturated heterocycles. The number of carbonyl (C=O) groups excluding carboxylic acids is 1. The van der Waals surface area contributed by atoms with Crippen molar-refractivity contribution in [3.05, 3.63) is 12.2 Å². The molecule has 0 spiro atoms. The Balaban J connectivity index is 3.63. The molecule has 0 radical (unpaired) electrons. The summed E-state index contributed by atoms with van der Waals surface area (Å²) in [4.78, 5) is 12.3. The Hall–Kier alpha value is -0.910. The number of hydrogen-bond acceptors (Lipinski definition) is 4. The zero-order valence-corrected chi connectivity index (χ0v) is 31.7. The van der Waals surface area contributed by atoms with E-state index in [4.69, 9.17) is 0 Å². The van der Waals surface area contributed by atoms with Gasteiger partial charge in [-0.1, -0.05) is 187 Å². The third-order valence-electron chi connectivity index (χ3n) is 9.83. The highest BCUT2D eigenvalue weighted by Crippen LogP contribution is 2.16. The first kappa shape index (κ1) is 46.1. The molecular formula is C42H83NO4. The molecule has 5 nitrogen and oxygen atoms in total. The Kier molecular flexibility index (Phi) is 37.2. The molecule has 0 aromatic rings. The van der Waals surface area contributed by atoms with Gasteiger partial charge in [0.05, 0.1) is 24.9 Å². The second-order valence-corrected chi connectivity index (χ2v) is 14.6. The molecular weight excluding hydrogens is 582 g/mol. The minimum atomic E-state index is -0.943. The van der Waals surface area contributed by atoms with Gasteiger partial charge in [0, 0.05) is 12.8 Å². The minimum Gasteiger partial charge on any atom is -0.394 e. The van der Waals surface area contributed by atoms with Crippen molar-refractivity contribution in [2.24, 2.45) is 0 Å². The maximum atomic E-state index is 12.3. The fourth-order valence-corrected chi connectivity index (χ4v) is 6.57. The normalized spacial score (nSPS) is 13.7. The highest BCUT2D eigenvalue weighted by atomic mass is 16.3. The lowest BCUT2D eigenvalue weighted by Crippen LogP contribution is -2.46. The summed E-state index contributed by atoms with van der Waals surface area (Å²) in [7, 11) is 0. The summed E-state index contributed by atoms with van der Waals surface area (Å²) in [6.07, 6.45) is 43.0. The number of allylic oxidation sites excluding steroid dienone is 2. The van der Waals surface area contributed by atoms with E-state index in [-0.39, 0.29) is 18.9 Å². The summed E-state index contributed by atoms with van der Waals surface area (Å²) in [5.74, 6) is -0.121. The van der Waals surface area contributed by atoms with Crippen molar-refractivity contribution in [1.82, 2.24) is 5.32 Å². The number of hydrogen-bond donors (Lipinski definition) is 4. The van der Waals surface area contributed by atoms with Gasteiger partial charge >= 0.3 is 0 Å². The predicted octanol–water partition coefficient (Wildman–Crippen LogP) is 11.7. The van der Waals surface area contributed by atoms with Crippen molar-refractivity contribution < 1.29 is 20.1 Å². The minimum absolute atomic E-state index is 0.121. The molecule has 0 aliphatic carbocycles. The number of nitrogens with one attached hydrogen (secondary N) is 1. The van der Waals surface area contributed by atoms with E-state index in [1.165, 1.54) is 154 Å². The van der Waals surface area contributed by atoms with E-state index in [9.17, 15) is 20.1 Å². The summed E-state index contributed by atoms with van der Waals surface area (Å²) in [6.45, 7) is 4.22. The molecule has 0 fully saturated rings. The molecule has 47 heavy (non-hydrogen) atoms. The van der Waals surface area contributed by atoms with Gasteiger partial charge in [-0.3, -0.25) is 4.79 Å². The number of amides is 1. The van der Waals surface area contributed by atoms with Gasteiger partial charge < -0.3 is 20.6 Å². The van der Waals surface area contributed by atoms with E-state index < -0.39 is 18.2 Å². The number of carbonyl (C=O) groups is 1. The van der Waals surface area contributed by atoms with Gasteiger partial charge in [-0.15, -0.1) is 0 Å². The quantitative estimate of drug-likeness (QED) is 0.0390. The number of rotatable bonds is 38. The van der Waals surface area contributed by atoms with Gasteiger partial charge in [0.15, 0.2) is 0 Å². The molecule has 0 aromatic heterocycles. The highest BCUT2D eigenvalue weighted by molar-refractivity contribution is 5.76. The maximum absolute atomic E-state index is 12.3. The van der Waals surface area contributed by atoms with Gasteiger partial charge in [-0.2, -0.15) is 0 Å². The number of aliphatic hydroxyl groups excluding tert-OH is 3. The first-order valence-electron chi connectivity index (χ1n) is 21.0. The Morgan fingerprint density at radius 2 is 0.894 bits per heavy atom. The molecule has 0 bridgehead atoms. The van der Waals surface area contributed by atoms with Crippen LogP contribution in [0.25, 0.3) is 0 Å². The van der Waals surface area contributed by atoms with Crippen molar-refractivity contribution in [3.63, 3.8) is 0 Å². The van der Waals surface area contributed by atoms with Crippen LogP contribution in [0.4, 0.5) is 0 Å². The van der Waals surface area contributed by atoms with Crippen LogP contribution < -0.4 is 5.32 Å². The van der Waals surface area contributed by atoms with Crippen molar-refractivity contribution >= 4 is 5.91 Å². The lowest BCUT2D eigenvalue weighted by atomic mass is 10.0. The fraction of sp³-hybridized carbons (Fsp3) is 0.929. The monoisotopic (exact) mass is 666 g/mol. The van der Waals surface area contributed by atoms with Crippen LogP contribution in [0.1, 0.15) is 226 Å². The Labute approximate surface area is 293 Å². The summed E-state index contributed by atoms with van der Waals surface area (Å²) >= 11 is 0. The molecule has 0 aromatic carbocycles. The highest BCUT2D eigenvalue weighted by Gasteiger charge is 2.23. The lowest BCUT2D eigenvalue weighted by Gasteiger charge is -2.24. The molecule has 4 N–H and O–H groups in total. The zero-order chi connectivity index (χ0) is 34.5. The molecule has 5 heteroatoms. The fourth-order valence-electron chi connectivity index (χ4n) is 6.57. The molecule has 0 saturated carbocycles. The van der Waals surface area contributed by atoms with E-state index in [1.54, 1.807) is 0 Å². The van der Waals surface area contributed by atoms with Crippen LogP contribution in [0.15, 0.2) is 12.2 Å². The maximum Gasteiger partial charge on any atom is 0.220 e. The Bertz CT molecular complexity index is 655. The standard InChI is InChI=1S/C42H83NO4/c1-3-5-7-9-11-13-15-17-18-19-20-21-22-23-24-25-27-29-31-33-35-39(45)37-41(46)40(38-44)43-42(47)36-34-32-30-28-26-16-14-12-10-8-6-4-2/h27,29,39-41,44-46H,3-26,28,30-38H2,1-2H3,(H,43,47). The van der Waals surface area contributed by atoms with Crippen LogP contribution in [0.2, 0.25) is 0 Å². The predicted molar refractivity (Wildman–Crippen MR) is 204 cm³/mol. The second kappa shape index (κ2) is 37.9. The summed E-state index contributed by atoms with van der Waals surface area (Å²) in [5, 5.41) is 33.4. The molecule has 0 aliphatic rings. The second-order valence-electron chi connectivity index (χ2n) is 14.6. The van der Waals surface area contributed by atoms with Crippen molar-refractivity contribution in [1.29, 1.82) is 0 Å². The first-order chi connectivity index (χ1) is 23.0. The van der Waals surface area contributed by atoms with Gasteiger partial charge in [0.2, 0.25) is 5.91 Å². The topological polar surface area (TPSA) is 89.8 Å². The van der Waals surface area contributed by atoms with Crippen LogP contribution in [0, 0.1) is 0 Å². The SMILES string of the molecule is CCCCCCCCCCCCCCCCCC=CCCCC(O)CC(O)C(CO)NC(=O)CCCCCCCCCCCCCC. The van der Waals surface area contributed by atoms with Crippen molar-refractivity contribution in [3.8, 4) is 0 Å². The van der Waals surface area contributed by atoms with E-state index in [1.807, 2.05) is 0 Å². The van der Waals surface area contributed by atoms with Crippen molar-refractivity contribution in [2.75, 3.05) is 6.61 Å². The average molecular weight is 666 g/mol. The molecule has 0 aliphatic heterocycles. The largest absolute Gasteiger partial charge is 0.394 e. The van der Waals surface area contributed by atoms with Crippen LogP contribution in [0.3, 0.4) is 0 Å². The lowest BCUT2D eigenvalue weighted by molar-refractivity contribution is -0.123. The van der Waals surface area contributed by atoms with Crippen molar-refractivity contribution in [2.45, 2.75) is 244 Å². The van der Waals surface area contributed by atoms with Gasteiger partial charge in [0.1, 0.15) is 0 Å². The summed E-state index contributed by atoms with van der Waals surface area (Å²) < 4.78 is 0.